The predicted molar refractivity (Wildman–Crippen MR) is 127 cm³/mol. The largest absolute Gasteiger partial charge is 0.352 e. The zero-order valence-corrected chi connectivity index (χ0v) is 19.4. The van der Waals surface area contributed by atoms with Gasteiger partial charge in [-0.2, -0.15) is 4.80 Å². The van der Waals surface area contributed by atoms with Crippen LogP contribution in [0, 0.1) is 13.8 Å². The molecule has 1 atom stereocenters. The van der Waals surface area contributed by atoms with Crippen LogP contribution in [0.3, 0.4) is 0 Å². The van der Waals surface area contributed by atoms with Gasteiger partial charge in [0.25, 0.3) is 5.91 Å². The second-order valence-electron chi connectivity index (χ2n) is 8.78. The maximum atomic E-state index is 13.4. The van der Waals surface area contributed by atoms with Gasteiger partial charge in [0.1, 0.15) is 12.6 Å². The van der Waals surface area contributed by atoms with E-state index in [9.17, 15) is 9.59 Å². The van der Waals surface area contributed by atoms with Crippen LogP contribution in [0.4, 0.5) is 5.69 Å². The molecule has 2 aromatic carbocycles. The number of hydrogen-bond acceptors (Lipinski definition) is 5. The van der Waals surface area contributed by atoms with Crippen molar-refractivity contribution in [3.8, 4) is 11.4 Å². The summed E-state index contributed by atoms with van der Waals surface area (Å²) in [5.74, 6) is 0.0307. The molecular weight excluding hydrogens is 416 g/mol. The maximum Gasteiger partial charge on any atom is 0.251 e. The molecule has 3 aromatic rings. The smallest absolute Gasteiger partial charge is 0.251 e. The quantitative estimate of drug-likeness (QED) is 0.600. The minimum absolute atomic E-state index is 0.117. The Balaban J connectivity index is 1.54. The number of aryl methyl sites for hydroxylation is 2. The molecule has 1 heterocycles. The fourth-order valence-electron chi connectivity index (χ4n) is 4.20. The lowest BCUT2D eigenvalue weighted by Gasteiger charge is -2.29. The minimum atomic E-state index is -0.667. The minimum Gasteiger partial charge on any atom is -0.352 e. The first-order chi connectivity index (χ1) is 15.9. The topological polar surface area (TPSA) is 93.0 Å². The summed E-state index contributed by atoms with van der Waals surface area (Å²) < 4.78 is 0. The summed E-state index contributed by atoms with van der Waals surface area (Å²) in [6.07, 6.45) is 4.23. The molecule has 1 aromatic heterocycles. The van der Waals surface area contributed by atoms with E-state index in [2.05, 4.69) is 20.7 Å². The van der Waals surface area contributed by atoms with E-state index in [0.717, 1.165) is 42.4 Å². The number of aromatic nitrogens is 4. The Hall–Kier alpha value is -3.55. The number of tetrazole rings is 1. The molecule has 1 aliphatic rings. The van der Waals surface area contributed by atoms with E-state index < -0.39 is 6.04 Å². The van der Waals surface area contributed by atoms with Crippen molar-refractivity contribution >= 4 is 17.5 Å². The zero-order chi connectivity index (χ0) is 23.4. The summed E-state index contributed by atoms with van der Waals surface area (Å²) in [4.78, 5) is 29.2. The molecule has 1 unspecified atom stereocenters. The Morgan fingerprint density at radius 3 is 2.52 bits per heavy atom. The number of anilines is 1. The molecule has 1 N–H and O–H groups in total. The van der Waals surface area contributed by atoms with Gasteiger partial charge < -0.3 is 5.32 Å². The Kier molecular flexibility index (Phi) is 6.82. The molecule has 1 aliphatic carbocycles. The second kappa shape index (κ2) is 9.94. The van der Waals surface area contributed by atoms with E-state index in [1.807, 2.05) is 62.4 Å². The van der Waals surface area contributed by atoms with Gasteiger partial charge >= 0.3 is 0 Å². The Morgan fingerprint density at radius 1 is 1.09 bits per heavy atom. The van der Waals surface area contributed by atoms with Crippen molar-refractivity contribution in [2.24, 2.45) is 0 Å². The number of benzene rings is 2. The first-order valence-electron chi connectivity index (χ1n) is 11.4. The van der Waals surface area contributed by atoms with Crippen molar-refractivity contribution in [1.29, 1.82) is 0 Å². The average Bonchev–Trinajstić information content (AvgIpc) is 3.47. The van der Waals surface area contributed by atoms with E-state index in [1.165, 1.54) is 9.70 Å². The summed E-state index contributed by atoms with van der Waals surface area (Å²) >= 11 is 0. The molecule has 2 amide bonds. The van der Waals surface area contributed by atoms with Crippen LogP contribution in [0.2, 0.25) is 0 Å². The van der Waals surface area contributed by atoms with Crippen LogP contribution in [-0.2, 0) is 16.1 Å². The van der Waals surface area contributed by atoms with Gasteiger partial charge in [-0.25, -0.2) is 0 Å². The Bertz CT molecular complexity index is 1120. The Labute approximate surface area is 194 Å². The van der Waals surface area contributed by atoms with Crippen LogP contribution in [0.5, 0.6) is 0 Å². The van der Waals surface area contributed by atoms with E-state index in [1.54, 1.807) is 6.92 Å². The van der Waals surface area contributed by atoms with Crippen molar-refractivity contribution < 1.29 is 9.59 Å². The SMILES string of the molecule is Cc1ccc(-c2nnn(CC(=O)N(c3cccc(C)c3)C(C)C(=O)NC3CCCC3)n2)cc1. The molecule has 0 radical (unpaired) electrons. The van der Waals surface area contributed by atoms with Gasteiger partial charge in [0.15, 0.2) is 0 Å². The van der Waals surface area contributed by atoms with Crippen LogP contribution in [0.1, 0.15) is 43.7 Å². The second-order valence-corrected chi connectivity index (χ2v) is 8.78. The highest BCUT2D eigenvalue weighted by Crippen LogP contribution is 2.22. The van der Waals surface area contributed by atoms with E-state index in [-0.39, 0.29) is 24.4 Å². The van der Waals surface area contributed by atoms with Gasteiger partial charge in [-0.1, -0.05) is 54.8 Å². The van der Waals surface area contributed by atoms with Crippen molar-refractivity contribution in [2.45, 2.75) is 65.1 Å². The monoisotopic (exact) mass is 446 g/mol. The molecule has 172 valence electrons. The van der Waals surface area contributed by atoms with Crippen molar-refractivity contribution in [1.82, 2.24) is 25.5 Å². The van der Waals surface area contributed by atoms with Crippen LogP contribution >= 0.6 is 0 Å². The molecule has 8 nitrogen and oxygen atoms in total. The number of rotatable bonds is 7. The normalized spacial score (nSPS) is 14.8. The lowest BCUT2D eigenvalue weighted by Crippen LogP contribution is -2.51. The molecule has 1 fully saturated rings. The first kappa shape index (κ1) is 22.6. The Morgan fingerprint density at radius 2 is 1.82 bits per heavy atom. The van der Waals surface area contributed by atoms with Gasteiger partial charge in [0.2, 0.25) is 11.7 Å². The average molecular weight is 447 g/mol. The summed E-state index contributed by atoms with van der Waals surface area (Å²) in [7, 11) is 0. The molecule has 0 saturated heterocycles. The fraction of sp³-hybridized carbons (Fsp3) is 0.400. The van der Waals surface area contributed by atoms with E-state index in [4.69, 9.17) is 0 Å². The van der Waals surface area contributed by atoms with Crippen LogP contribution in [0.15, 0.2) is 48.5 Å². The fourth-order valence-corrected chi connectivity index (χ4v) is 4.20. The molecule has 33 heavy (non-hydrogen) atoms. The molecular formula is C25H30N6O2. The maximum absolute atomic E-state index is 13.4. The first-order valence-corrected chi connectivity index (χ1v) is 11.4. The third kappa shape index (κ3) is 5.45. The lowest BCUT2D eigenvalue weighted by molar-refractivity contribution is -0.127. The molecule has 0 spiro atoms. The van der Waals surface area contributed by atoms with Gasteiger partial charge in [0.05, 0.1) is 0 Å². The van der Waals surface area contributed by atoms with Crippen molar-refractivity contribution in [2.75, 3.05) is 4.90 Å². The predicted octanol–water partition coefficient (Wildman–Crippen LogP) is 3.44. The van der Waals surface area contributed by atoms with Gasteiger partial charge in [-0.3, -0.25) is 14.5 Å². The van der Waals surface area contributed by atoms with Gasteiger partial charge in [0, 0.05) is 17.3 Å². The van der Waals surface area contributed by atoms with Gasteiger partial charge in [-0.05, 0) is 56.5 Å². The molecule has 0 aliphatic heterocycles. The van der Waals surface area contributed by atoms with Gasteiger partial charge in [-0.15, -0.1) is 10.2 Å². The third-order valence-corrected chi connectivity index (χ3v) is 6.06. The number of nitrogens with one attached hydrogen (secondary N) is 1. The number of hydrogen-bond donors (Lipinski definition) is 1. The molecule has 4 rings (SSSR count). The standard InChI is InChI=1S/C25H30N6O2/c1-17-11-13-20(14-12-17)24-27-29-30(28-24)16-23(32)31(22-10-6-7-18(2)15-22)19(3)25(33)26-21-8-4-5-9-21/h6-7,10-15,19,21H,4-5,8-9,16H2,1-3H3,(H,26,33). The highest BCUT2D eigenvalue weighted by atomic mass is 16.2. The van der Waals surface area contributed by atoms with E-state index >= 15 is 0 Å². The number of carbonyl (C=O) groups excluding carboxylic acids is 2. The number of amides is 2. The molecule has 1 saturated carbocycles. The van der Waals surface area contributed by atoms with Crippen molar-refractivity contribution in [3.63, 3.8) is 0 Å². The van der Waals surface area contributed by atoms with Crippen LogP contribution in [-0.4, -0.2) is 44.1 Å². The van der Waals surface area contributed by atoms with Crippen LogP contribution in [0.25, 0.3) is 11.4 Å². The number of carbonyl (C=O) groups is 2. The summed E-state index contributed by atoms with van der Waals surface area (Å²) in [5.41, 5.74) is 3.65. The summed E-state index contributed by atoms with van der Waals surface area (Å²) in [5, 5.41) is 15.6. The molecule has 8 heteroatoms. The lowest BCUT2D eigenvalue weighted by atomic mass is 10.1. The number of nitrogens with zero attached hydrogens (tertiary/aromatic N) is 5. The highest BCUT2D eigenvalue weighted by Gasteiger charge is 2.30. The van der Waals surface area contributed by atoms with Crippen molar-refractivity contribution in [3.05, 3.63) is 59.7 Å². The summed E-state index contributed by atoms with van der Waals surface area (Å²) in [6, 6.07) is 14.9. The zero-order valence-electron chi connectivity index (χ0n) is 19.4. The third-order valence-electron chi connectivity index (χ3n) is 6.06. The summed E-state index contributed by atoms with van der Waals surface area (Å²) in [6.45, 7) is 5.61. The highest BCUT2D eigenvalue weighted by molar-refractivity contribution is 6.00. The van der Waals surface area contributed by atoms with E-state index in [0.29, 0.717) is 11.5 Å². The van der Waals surface area contributed by atoms with Crippen LogP contribution < -0.4 is 10.2 Å². The molecule has 0 bridgehead atoms.